The van der Waals surface area contributed by atoms with Crippen LogP contribution in [0.4, 0.5) is 0 Å². The van der Waals surface area contributed by atoms with Gasteiger partial charge in [-0.15, -0.1) is 0 Å². The first-order chi connectivity index (χ1) is 10.1. The Kier molecular flexibility index (Phi) is 2.70. The summed E-state index contributed by atoms with van der Waals surface area (Å²) >= 11 is 0. The largest absolute Gasteiger partial charge is 0.481 e. The lowest BCUT2D eigenvalue weighted by Gasteiger charge is -2.56. The van der Waals surface area contributed by atoms with Crippen LogP contribution in [0.5, 0.6) is 11.5 Å². The van der Waals surface area contributed by atoms with E-state index in [-0.39, 0.29) is 12.2 Å². The normalized spacial score (nSPS) is 24.6. The average molecular weight is 290 g/mol. The minimum Gasteiger partial charge on any atom is -0.481 e. The highest BCUT2D eigenvalue weighted by Gasteiger charge is 2.60. The molecule has 3 aliphatic rings. The summed E-state index contributed by atoms with van der Waals surface area (Å²) in [7, 11) is 0. The fourth-order valence-electron chi connectivity index (χ4n) is 4.06. The van der Waals surface area contributed by atoms with Gasteiger partial charge in [-0.2, -0.15) is 0 Å². The van der Waals surface area contributed by atoms with Gasteiger partial charge in [0.25, 0.3) is 0 Å². The second kappa shape index (κ2) is 4.37. The third-order valence-electron chi connectivity index (χ3n) is 5.24. The van der Waals surface area contributed by atoms with E-state index in [9.17, 15) is 9.90 Å². The number of fused-ring (bicyclic) bond motifs is 1. The van der Waals surface area contributed by atoms with E-state index in [4.69, 9.17) is 14.2 Å². The molecular formula is C16H18O5. The minimum absolute atomic E-state index is 0.146. The highest BCUT2D eigenvalue weighted by molar-refractivity contribution is 5.83. The molecule has 1 aromatic rings. The van der Waals surface area contributed by atoms with Gasteiger partial charge in [0.2, 0.25) is 6.79 Å². The maximum atomic E-state index is 11.9. The van der Waals surface area contributed by atoms with Gasteiger partial charge in [-0.25, -0.2) is 0 Å². The van der Waals surface area contributed by atoms with E-state index in [1.165, 1.54) is 0 Å². The fourth-order valence-corrected chi connectivity index (χ4v) is 4.06. The molecule has 1 saturated carbocycles. The molecule has 0 aromatic heterocycles. The predicted octanol–water partition coefficient (Wildman–Crippen LogP) is 2.33. The average Bonchev–Trinajstić information content (AvgIpc) is 2.92. The van der Waals surface area contributed by atoms with E-state index < -0.39 is 11.4 Å². The summed E-state index contributed by atoms with van der Waals surface area (Å²) in [4.78, 5) is 11.9. The Morgan fingerprint density at radius 3 is 2.52 bits per heavy atom. The quantitative estimate of drug-likeness (QED) is 0.905. The molecule has 1 N–H and O–H groups in total. The Bertz CT molecular complexity index is 580. The Morgan fingerprint density at radius 2 is 1.81 bits per heavy atom. The first-order valence-electron chi connectivity index (χ1n) is 7.35. The molecule has 1 spiro atoms. The number of hydrogen-bond acceptors (Lipinski definition) is 4. The zero-order valence-electron chi connectivity index (χ0n) is 11.8. The lowest BCUT2D eigenvalue weighted by molar-refractivity contribution is -0.160. The van der Waals surface area contributed by atoms with Crippen molar-refractivity contribution in [1.29, 1.82) is 0 Å². The summed E-state index contributed by atoms with van der Waals surface area (Å²) in [5, 5.41) is 9.80. The molecule has 0 unspecified atom stereocenters. The number of ether oxygens (including phenoxy) is 3. The fraction of sp³-hybridized carbons (Fsp3) is 0.562. The smallest absolute Gasteiger partial charge is 0.314 e. The lowest BCUT2D eigenvalue weighted by Crippen LogP contribution is -2.56. The number of hydrogen-bond donors (Lipinski definition) is 1. The van der Waals surface area contributed by atoms with E-state index in [0.717, 1.165) is 31.6 Å². The predicted molar refractivity (Wildman–Crippen MR) is 73.6 cm³/mol. The van der Waals surface area contributed by atoms with Gasteiger partial charge in [0.15, 0.2) is 11.5 Å². The Hall–Kier alpha value is -1.75. The van der Waals surface area contributed by atoms with Gasteiger partial charge < -0.3 is 19.3 Å². The second-order valence-corrected chi connectivity index (χ2v) is 6.42. The van der Waals surface area contributed by atoms with E-state index in [1.54, 1.807) is 0 Å². The monoisotopic (exact) mass is 290 g/mol. The molecule has 5 nitrogen and oxygen atoms in total. The third kappa shape index (κ3) is 1.83. The molecule has 1 aliphatic carbocycles. The first-order valence-corrected chi connectivity index (χ1v) is 7.35. The molecule has 0 amide bonds. The van der Waals surface area contributed by atoms with Crippen LogP contribution in [0.3, 0.4) is 0 Å². The Morgan fingerprint density at radius 1 is 1.10 bits per heavy atom. The van der Waals surface area contributed by atoms with Gasteiger partial charge >= 0.3 is 5.97 Å². The third-order valence-corrected chi connectivity index (χ3v) is 5.24. The highest BCUT2D eigenvalue weighted by Crippen LogP contribution is 2.61. The van der Waals surface area contributed by atoms with Gasteiger partial charge in [-0.05, 0) is 48.8 Å². The summed E-state index contributed by atoms with van der Waals surface area (Å²) in [6.45, 7) is 1.70. The molecule has 21 heavy (non-hydrogen) atoms. The molecule has 5 heteroatoms. The first kappa shape index (κ1) is 13.0. The maximum Gasteiger partial charge on any atom is 0.314 e. The standard InChI is InChI=1S/C16H18O5/c17-14(18)16(8-15(9-16)3-5-19-6-4-15)11-1-2-12-13(7-11)21-10-20-12/h1-2,7H,3-6,8-10H2,(H,17,18). The van der Waals surface area contributed by atoms with Crippen LogP contribution in [0.1, 0.15) is 31.2 Å². The molecular weight excluding hydrogens is 272 g/mol. The maximum absolute atomic E-state index is 11.9. The second-order valence-electron chi connectivity index (χ2n) is 6.42. The van der Waals surface area contributed by atoms with Crippen LogP contribution in [0, 0.1) is 5.41 Å². The van der Waals surface area contributed by atoms with Crippen molar-refractivity contribution in [2.45, 2.75) is 31.1 Å². The molecule has 2 heterocycles. The van der Waals surface area contributed by atoms with Crippen LogP contribution >= 0.6 is 0 Å². The van der Waals surface area contributed by atoms with Crippen LogP contribution in [0.15, 0.2) is 18.2 Å². The molecule has 0 atom stereocenters. The van der Waals surface area contributed by atoms with Crippen molar-refractivity contribution in [2.24, 2.45) is 5.41 Å². The van der Waals surface area contributed by atoms with Gasteiger partial charge in [0, 0.05) is 13.2 Å². The van der Waals surface area contributed by atoms with Gasteiger partial charge in [-0.1, -0.05) is 6.07 Å². The van der Waals surface area contributed by atoms with Crippen LogP contribution in [0.2, 0.25) is 0 Å². The summed E-state index contributed by atoms with van der Waals surface area (Å²) < 4.78 is 16.1. The zero-order chi connectivity index (χ0) is 14.5. The van der Waals surface area contributed by atoms with Crippen LogP contribution < -0.4 is 9.47 Å². The molecule has 2 aliphatic heterocycles. The Balaban J connectivity index is 1.65. The number of rotatable bonds is 2. The van der Waals surface area contributed by atoms with Crippen LogP contribution in [0.25, 0.3) is 0 Å². The number of benzene rings is 1. The van der Waals surface area contributed by atoms with Crippen molar-refractivity contribution in [2.75, 3.05) is 20.0 Å². The Labute approximate surface area is 122 Å². The van der Waals surface area contributed by atoms with E-state index in [0.29, 0.717) is 24.3 Å². The molecule has 2 fully saturated rings. The van der Waals surface area contributed by atoms with Crippen molar-refractivity contribution in [1.82, 2.24) is 0 Å². The molecule has 0 radical (unpaired) electrons. The van der Waals surface area contributed by atoms with Crippen molar-refractivity contribution in [3.63, 3.8) is 0 Å². The summed E-state index contributed by atoms with van der Waals surface area (Å²) in [5.41, 5.74) is 0.196. The molecule has 4 rings (SSSR count). The number of carbonyl (C=O) groups is 1. The van der Waals surface area contributed by atoms with E-state index >= 15 is 0 Å². The molecule has 0 bridgehead atoms. The van der Waals surface area contributed by atoms with Crippen LogP contribution in [-0.4, -0.2) is 31.1 Å². The lowest BCUT2D eigenvalue weighted by atomic mass is 9.48. The van der Waals surface area contributed by atoms with Gasteiger partial charge in [0.1, 0.15) is 0 Å². The summed E-state index contributed by atoms with van der Waals surface area (Å²) in [6, 6.07) is 5.52. The molecule has 1 aromatic carbocycles. The van der Waals surface area contributed by atoms with E-state index in [2.05, 4.69) is 0 Å². The van der Waals surface area contributed by atoms with Gasteiger partial charge in [0.05, 0.1) is 5.41 Å². The van der Waals surface area contributed by atoms with Crippen LogP contribution in [-0.2, 0) is 14.9 Å². The topological polar surface area (TPSA) is 65.0 Å². The van der Waals surface area contributed by atoms with Crippen molar-refractivity contribution in [3.8, 4) is 11.5 Å². The number of carboxylic acid groups (broad SMARTS) is 1. The molecule has 1 saturated heterocycles. The van der Waals surface area contributed by atoms with Crippen molar-refractivity contribution >= 4 is 5.97 Å². The van der Waals surface area contributed by atoms with Crippen molar-refractivity contribution in [3.05, 3.63) is 23.8 Å². The SMILES string of the molecule is O=C(O)C1(c2ccc3c(c2)OCO3)CC2(CCOCC2)C1. The number of aliphatic carboxylic acids is 1. The summed E-state index contributed by atoms with van der Waals surface area (Å²) in [5.74, 6) is 0.610. The van der Waals surface area contributed by atoms with E-state index in [1.807, 2.05) is 18.2 Å². The van der Waals surface area contributed by atoms with Gasteiger partial charge in [-0.3, -0.25) is 4.79 Å². The summed E-state index contributed by atoms with van der Waals surface area (Å²) in [6.07, 6.45) is 3.32. The zero-order valence-corrected chi connectivity index (χ0v) is 11.8. The van der Waals surface area contributed by atoms with Crippen molar-refractivity contribution < 1.29 is 24.1 Å². The minimum atomic E-state index is -0.779. The number of carboxylic acids is 1. The highest BCUT2D eigenvalue weighted by atomic mass is 16.7. The molecule has 112 valence electrons.